The lowest BCUT2D eigenvalue weighted by Crippen LogP contribution is -2.27. The Morgan fingerprint density at radius 3 is 1.59 bits per heavy atom. The third-order valence-corrected chi connectivity index (χ3v) is 5.53. The smallest absolute Gasteiger partial charge is 0.220 e. The Labute approximate surface area is 289 Å². The summed E-state index contributed by atoms with van der Waals surface area (Å²) in [7, 11) is 1.60. The van der Waals surface area contributed by atoms with E-state index in [1.165, 1.54) is 63.7 Å². The van der Waals surface area contributed by atoms with Crippen molar-refractivity contribution in [3.63, 3.8) is 0 Å². The van der Waals surface area contributed by atoms with Crippen LogP contribution in [-0.4, -0.2) is 31.1 Å². The maximum absolute atomic E-state index is 10.9. The fraction of sp³-hybridized carbons (Fsp3) is 0.725. The lowest BCUT2D eigenvalue weighted by molar-refractivity contribution is -0.122. The van der Waals surface area contributed by atoms with E-state index in [1.807, 2.05) is 34.6 Å². The predicted octanol–water partition coefficient (Wildman–Crippen LogP) is 12.1. The summed E-state index contributed by atoms with van der Waals surface area (Å²) in [6.45, 7) is 36.9. The highest BCUT2D eigenvalue weighted by atomic mass is 16.6. The molecular formula is C40H81N3O3. The van der Waals surface area contributed by atoms with Crippen molar-refractivity contribution in [1.29, 1.82) is 0 Å². The van der Waals surface area contributed by atoms with Gasteiger partial charge in [0, 0.05) is 32.9 Å². The molecule has 6 heteroatoms. The molecule has 1 rings (SSSR count). The fourth-order valence-electron chi connectivity index (χ4n) is 3.03. The maximum Gasteiger partial charge on any atom is 0.220 e. The van der Waals surface area contributed by atoms with Crippen LogP contribution in [0.5, 0.6) is 0 Å². The number of oxime groups is 1. The highest BCUT2D eigenvalue weighted by molar-refractivity contribution is 6.01. The van der Waals surface area contributed by atoms with Crippen molar-refractivity contribution >= 4 is 17.5 Å². The normalized spacial score (nSPS) is 10.2. The van der Waals surface area contributed by atoms with Crippen molar-refractivity contribution in [3.05, 3.63) is 48.2 Å². The Kier molecular flexibility index (Phi) is 53.9. The molecule has 2 N–H and O–H groups in total. The Balaban J connectivity index is -0.000000116. The minimum absolute atomic E-state index is 0.00463. The molecule has 0 bridgehead atoms. The number of carbonyl (C=O) groups excluding carboxylic acids is 2. The van der Waals surface area contributed by atoms with Crippen molar-refractivity contribution in [1.82, 2.24) is 10.6 Å². The average molecular weight is 652 g/mol. The van der Waals surface area contributed by atoms with Crippen molar-refractivity contribution in [3.8, 4) is 0 Å². The van der Waals surface area contributed by atoms with Gasteiger partial charge in [0.25, 0.3) is 0 Å². The zero-order chi connectivity index (χ0) is 37.4. The molecule has 2 amide bonds. The SMILES string of the molecule is C=CO/N=C(/c1ccc(C)cc1)C(C)CC.CC.CC.CCC.CCCCCCCC.CCNC(=O)CC(C)(C)C.CNC(C)=O. The molecule has 0 heterocycles. The van der Waals surface area contributed by atoms with Gasteiger partial charge in [0.1, 0.15) is 6.26 Å². The average Bonchev–Trinajstić information content (AvgIpc) is 3.02. The lowest BCUT2D eigenvalue weighted by atomic mass is 9.92. The lowest BCUT2D eigenvalue weighted by Gasteiger charge is -2.16. The van der Waals surface area contributed by atoms with E-state index in [2.05, 4.69) is 116 Å². The van der Waals surface area contributed by atoms with Crippen LogP contribution in [0.25, 0.3) is 0 Å². The topological polar surface area (TPSA) is 79.8 Å². The van der Waals surface area contributed by atoms with E-state index in [0.717, 1.165) is 24.2 Å². The third-order valence-electron chi connectivity index (χ3n) is 5.53. The molecule has 0 radical (unpaired) electrons. The van der Waals surface area contributed by atoms with Crippen LogP contribution < -0.4 is 10.6 Å². The van der Waals surface area contributed by atoms with Crippen LogP contribution in [0.2, 0.25) is 0 Å². The number of rotatable bonds is 12. The Bertz CT molecular complexity index is 776. The molecule has 0 fully saturated rings. The second kappa shape index (κ2) is 44.5. The first-order valence-electron chi connectivity index (χ1n) is 18.1. The fourth-order valence-corrected chi connectivity index (χ4v) is 3.03. The summed E-state index contributed by atoms with van der Waals surface area (Å²) in [5.74, 6) is 0.530. The van der Waals surface area contributed by atoms with Crippen LogP contribution in [0.3, 0.4) is 0 Å². The molecule has 1 unspecified atom stereocenters. The van der Waals surface area contributed by atoms with Gasteiger partial charge in [-0.05, 0) is 31.2 Å². The van der Waals surface area contributed by atoms with E-state index in [1.54, 1.807) is 7.05 Å². The number of aryl methyl sites for hydroxylation is 1. The predicted molar refractivity (Wildman–Crippen MR) is 209 cm³/mol. The minimum Gasteiger partial charge on any atom is -0.365 e. The van der Waals surface area contributed by atoms with E-state index >= 15 is 0 Å². The molecule has 46 heavy (non-hydrogen) atoms. The van der Waals surface area contributed by atoms with Gasteiger partial charge in [-0.25, -0.2) is 0 Å². The molecule has 0 aliphatic carbocycles. The molecule has 0 aromatic heterocycles. The Hall–Kier alpha value is -2.63. The van der Waals surface area contributed by atoms with Gasteiger partial charge in [-0.15, -0.1) is 0 Å². The maximum atomic E-state index is 10.9. The number of carbonyl (C=O) groups is 2. The van der Waals surface area contributed by atoms with E-state index in [0.29, 0.717) is 12.3 Å². The van der Waals surface area contributed by atoms with Gasteiger partial charge >= 0.3 is 0 Å². The van der Waals surface area contributed by atoms with Gasteiger partial charge < -0.3 is 15.5 Å². The summed E-state index contributed by atoms with van der Waals surface area (Å²) in [4.78, 5) is 25.6. The van der Waals surface area contributed by atoms with Crippen LogP contribution in [0, 0.1) is 18.3 Å². The third kappa shape index (κ3) is 51.0. The van der Waals surface area contributed by atoms with E-state index in [4.69, 9.17) is 4.84 Å². The summed E-state index contributed by atoms with van der Waals surface area (Å²) in [5.41, 5.74) is 3.44. The van der Waals surface area contributed by atoms with Gasteiger partial charge in [-0.2, -0.15) is 0 Å². The summed E-state index contributed by atoms with van der Waals surface area (Å²) >= 11 is 0. The zero-order valence-corrected chi connectivity index (χ0v) is 33.9. The molecule has 0 aliphatic rings. The second-order valence-corrected chi connectivity index (χ2v) is 11.5. The quantitative estimate of drug-likeness (QED) is 0.102. The molecule has 0 saturated heterocycles. The molecule has 274 valence electrons. The van der Waals surface area contributed by atoms with Crippen LogP contribution in [0.15, 0.2) is 42.3 Å². The van der Waals surface area contributed by atoms with E-state index in [9.17, 15) is 9.59 Å². The summed E-state index contributed by atoms with van der Waals surface area (Å²) in [6, 6.07) is 8.32. The monoisotopic (exact) mass is 652 g/mol. The molecule has 1 atom stereocenters. The summed E-state index contributed by atoms with van der Waals surface area (Å²) in [5, 5.41) is 9.26. The van der Waals surface area contributed by atoms with E-state index < -0.39 is 0 Å². The largest absolute Gasteiger partial charge is 0.365 e. The van der Waals surface area contributed by atoms with Crippen LogP contribution in [0.1, 0.15) is 173 Å². The molecule has 1 aromatic carbocycles. The van der Waals surface area contributed by atoms with Gasteiger partial charge in [0.05, 0.1) is 5.71 Å². The van der Waals surface area contributed by atoms with E-state index in [-0.39, 0.29) is 17.2 Å². The van der Waals surface area contributed by atoms with Crippen molar-refractivity contribution in [2.24, 2.45) is 16.5 Å². The molecule has 1 aromatic rings. The number of benzene rings is 1. The number of hydrogen-bond acceptors (Lipinski definition) is 4. The number of nitrogens with zero attached hydrogens (tertiary/aromatic N) is 1. The number of unbranched alkanes of at least 4 members (excludes halogenated alkanes) is 5. The number of hydrogen-bond donors (Lipinski definition) is 2. The van der Waals surface area contributed by atoms with Crippen molar-refractivity contribution < 1.29 is 14.4 Å². The Morgan fingerprint density at radius 1 is 0.891 bits per heavy atom. The standard InChI is InChI=1S/C14H19NO.C8H17NO.C8H18.C3H7NO.C3H8.2C2H6/c1-5-12(4)14(15-16-6-2)13-9-7-11(3)8-10-13;1-5-9-7(10)6-8(2,3)4;1-3-5-7-8-6-4-2;1-3(5)4-2;1-3-2;2*1-2/h6-10,12H,2,5H2,1,3-4H3;5-6H2,1-4H3,(H,9,10);3-8H2,1-2H3;1-2H3,(H,4,5);3H2,1-2H3;2*1-2H3/b15-14+;;;;;;. The second-order valence-electron chi connectivity index (χ2n) is 11.5. The molecule has 0 spiro atoms. The van der Waals surface area contributed by atoms with Gasteiger partial charge in [0.2, 0.25) is 11.8 Å². The van der Waals surface area contributed by atoms with Gasteiger partial charge in [-0.1, -0.05) is 177 Å². The van der Waals surface area contributed by atoms with Crippen LogP contribution >= 0.6 is 0 Å². The van der Waals surface area contributed by atoms with Gasteiger partial charge in [0.15, 0.2) is 0 Å². The molecule has 0 saturated carbocycles. The first-order chi connectivity index (χ1) is 21.7. The van der Waals surface area contributed by atoms with Crippen molar-refractivity contribution in [2.75, 3.05) is 13.6 Å². The molecule has 0 aliphatic heterocycles. The number of nitrogens with one attached hydrogen (secondary N) is 2. The van der Waals surface area contributed by atoms with Crippen molar-refractivity contribution in [2.45, 2.75) is 169 Å². The minimum atomic E-state index is 0.00463. The zero-order valence-electron chi connectivity index (χ0n) is 33.9. The first kappa shape index (κ1) is 55.8. The van der Waals surface area contributed by atoms with Gasteiger partial charge in [-0.3, -0.25) is 9.59 Å². The molecular weight excluding hydrogens is 570 g/mol. The Morgan fingerprint density at radius 2 is 1.30 bits per heavy atom. The highest BCUT2D eigenvalue weighted by Crippen LogP contribution is 2.17. The summed E-state index contributed by atoms with van der Waals surface area (Å²) in [6.07, 6.45) is 12.7. The highest BCUT2D eigenvalue weighted by Gasteiger charge is 2.14. The van der Waals surface area contributed by atoms with Crippen LogP contribution in [0.4, 0.5) is 0 Å². The number of amides is 2. The summed E-state index contributed by atoms with van der Waals surface area (Å²) < 4.78 is 0. The van der Waals surface area contributed by atoms with Crippen LogP contribution in [-0.2, 0) is 14.4 Å². The molecule has 6 nitrogen and oxygen atoms in total. The first-order valence-corrected chi connectivity index (χ1v) is 18.1.